The van der Waals surface area contributed by atoms with E-state index in [2.05, 4.69) is 19.5 Å². The first-order chi connectivity index (χ1) is 7.54. The molecule has 0 rings (SSSR count). The predicted octanol–water partition coefficient (Wildman–Crippen LogP) is 0.500. The zero-order valence-corrected chi connectivity index (χ0v) is 13.6. The van der Waals surface area contributed by atoms with Crippen LogP contribution in [0.2, 0.25) is 0 Å². The lowest BCUT2D eigenvalue weighted by Gasteiger charge is -2.06. The van der Waals surface area contributed by atoms with Crippen LogP contribution >= 0.6 is 24.8 Å². The highest BCUT2D eigenvalue weighted by atomic mass is 35.5. The number of nitrogens with two attached hydrogens (primary N) is 2. The van der Waals surface area contributed by atoms with Gasteiger partial charge in [0.1, 0.15) is 0 Å². The normalized spacial score (nSPS) is 9.33. The van der Waals surface area contributed by atoms with E-state index in [1.54, 1.807) is 0 Å². The summed E-state index contributed by atoms with van der Waals surface area (Å²) in [5.74, 6) is 9.59. The molecule has 4 N–H and O–H groups in total. The average Bonchev–Trinajstić information content (AvgIpc) is 2.18. The summed E-state index contributed by atoms with van der Waals surface area (Å²) >= 11 is 0. The van der Waals surface area contributed by atoms with E-state index in [1.807, 2.05) is 28.2 Å². The Hall–Kier alpha value is 0.340. The Balaban J connectivity index is -0.0000000980. The summed E-state index contributed by atoms with van der Waals surface area (Å²) in [5.41, 5.74) is 0. The van der Waals surface area contributed by atoms with E-state index in [9.17, 15) is 0 Å². The highest BCUT2D eigenvalue weighted by molar-refractivity contribution is 5.85. The molecule has 0 bridgehead atoms. The average molecular weight is 309 g/mol. The second kappa shape index (κ2) is 22.5. The van der Waals surface area contributed by atoms with Crippen LogP contribution in [-0.4, -0.2) is 64.3 Å². The van der Waals surface area contributed by atoms with Gasteiger partial charge in [-0.25, -0.2) is 11.8 Å². The number of nitrogens with zero attached hydrogens (tertiary/aromatic N) is 2. The summed E-state index contributed by atoms with van der Waals surface area (Å²) < 4.78 is 0. The van der Waals surface area contributed by atoms with Crippen LogP contribution in [0, 0.1) is 0 Å². The molecule has 0 amide bonds. The largest absolute Gasteiger partial charge is 0.309 e. The molecule has 0 atom stereocenters. The monoisotopic (exact) mass is 308 g/mol. The Bertz CT molecular complexity index is 118. The van der Waals surface area contributed by atoms with Gasteiger partial charge < -0.3 is 19.5 Å². The minimum absolute atomic E-state index is 0. The van der Waals surface area contributed by atoms with Crippen LogP contribution in [0.1, 0.15) is 12.8 Å². The van der Waals surface area contributed by atoms with Crippen LogP contribution in [0.15, 0.2) is 0 Å². The van der Waals surface area contributed by atoms with Crippen LogP contribution in [0.5, 0.6) is 0 Å². The number of halogens is 2. The Morgan fingerprint density at radius 1 is 0.722 bits per heavy atom. The first-order valence-electron chi connectivity index (χ1n) is 5.47. The first kappa shape index (κ1) is 26.8. The van der Waals surface area contributed by atoms with Crippen molar-refractivity contribution in [3.05, 3.63) is 0 Å². The molecule has 18 heavy (non-hydrogen) atoms. The van der Waals surface area contributed by atoms with E-state index in [1.165, 1.54) is 0 Å². The number of hydrogen-bond donors (Lipinski definition) is 2. The summed E-state index contributed by atoms with van der Waals surface area (Å²) in [6, 6.07) is 0. The zero-order chi connectivity index (χ0) is 12.8. The molecule has 0 radical (unpaired) electrons. The van der Waals surface area contributed by atoms with Gasteiger partial charge in [0.25, 0.3) is 0 Å². The van der Waals surface area contributed by atoms with Crippen LogP contribution in [0.25, 0.3) is 0 Å². The Kier molecular flexibility index (Phi) is 33.5. The molecule has 8 heteroatoms. The fourth-order valence-corrected chi connectivity index (χ4v) is 0.928. The molecule has 0 heterocycles. The molecule has 0 saturated heterocycles. The van der Waals surface area contributed by atoms with E-state index in [-0.39, 0.29) is 24.8 Å². The highest BCUT2D eigenvalue weighted by Gasteiger charge is 1.87. The van der Waals surface area contributed by atoms with Crippen molar-refractivity contribution in [3.63, 3.8) is 0 Å². The lowest BCUT2D eigenvalue weighted by Crippen LogP contribution is -2.15. The third-order valence-electron chi connectivity index (χ3n) is 1.74. The van der Waals surface area contributed by atoms with Gasteiger partial charge in [-0.1, -0.05) is 0 Å². The fraction of sp³-hybridized carbons (Fsp3) is 1.00. The fourth-order valence-electron chi connectivity index (χ4n) is 0.928. The van der Waals surface area contributed by atoms with Crippen LogP contribution < -0.4 is 11.8 Å². The minimum Gasteiger partial charge on any atom is -0.309 e. The van der Waals surface area contributed by atoms with Crippen LogP contribution in [-0.2, 0) is 9.68 Å². The quantitative estimate of drug-likeness (QED) is 0.502. The van der Waals surface area contributed by atoms with Crippen molar-refractivity contribution in [1.29, 1.82) is 0 Å². The standard InChI is InChI=1S/2C5H14N2O.2ClH/c2*1-7(2)4-3-5-8-6;;/h2*3-6H2,1-2H3;2*1H. The molecule has 0 aromatic carbocycles. The van der Waals surface area contributed by atoms with Crippen molar-refractivity contribution in [2.45, 2.75) is 12.8 Å². The third kappa shape index (κ3) is 36.0. The summed E-state index contributed by atoms with van der Waals surface area (Å²) in [7, 11) is 8.10. The molecular formula is C10H30Cl2N4O2. The van der Waals surface area contributed by atoms with Gasteiger partial charge in [-0.3, -0.25) is 0 Å². The van der Waals surface area contributed by atoms with Gasteiger partial charge in [0.05, 0.1) is 13.2 Å². The summed E-state index contributed by atoms with van der Waals surface area (Å²) in [6.45, 7) is 3.38. The molecule has 0 fully saturated rings. The molecule has 0 saturated carbocycles. The summed E-state index contributed by atoms with van der Waals surface area (Å²) in [4.78, 5) is 12.9. The molecule has 0 aliphatic rings. The molecular weight excluding hydrogens is 279 g/mol. The second-order valence-electron chi connectivity index (χ2n) is 4.06. The maximum atomic E-state index is 4.80. The van der Waals surface area contributed by atoms with Gasteiger partial charge in [-0.05, 0) is 54.1 Å². The van der Waals surface area contributed by atoms with Gasteiger partial charge in [0.15, 0.2) is 0 Å². The van der Waals surface area contributed by atoms with Crippen LogP contribution in [0.4, 0.5) is 0 Å². The molecule has 0 spiro atoms. The summed E-state index contributed by atoms with van der Waals surface area (Å²) in [6.07, 6.45) is 2.01. The Morgan fingerprint density at radius 2 is 1.00 bits per heavy atom. The maximum absolute atomic E-state index is 4.80. The molecule has 116 valence electrons. The van der Waals surface area contributed by atoms with Gasteiger partial charge >= 0.3 is 0 Å². The lowest BCUT2D eigenvalue weighted by atomic mass is 10.4. The van der Waals surface area contributed by atoms with E-state index in [0.29, 0.717) is 13.2 Å². The van der Waals surface area contributed by atoms with Gasteiger partial charge in [0, 0.05) is 0 Å². The van der Waals surface area contributed by atoms with Crippen LogP contribution in [0.3, 0.4) is 0 Å². The van der Waals surface area contributed by atoms with Crippen molar-refractivity contribution in [1.82, 2.24) is 9.80 Å². The predicted molar refractivity (Wildman–Crippen MR) is 81.1 cm³/mol. The van der Waals surface area contributed by atoms with Crippen molar-refractivity contribution < 1.29 is 9.68 Å². The maximum Gasteiger partial charge on any atom is 0.0691 e. The first-order valence-corrected chi connectivity index (χ1v) is 5.47. The minimum atomic E-state index is 0. The highest BCUT2D eigenvalue weighted by Crippen LogP contribution is 1.81. The SMILES string of the molecule is CN(C)CCCON.CN(C)CCCON.Cl.Cl. The van der Waals surface area contributed by atoms with E-state index in [0.717, 1.165) is 25.9 Å². The Morgan fingerprint density at radius 3 is 1.17 bits per heavy atom. The molecule has 0 aromatic heterocycles. The van der Waals surface area contributed by atoms with Crippen molar-refractivity contribution in [2.75, 3.05) is 54.5 Å². The van der Waals surface area contributed by atoms with Gasteiger partial charge in [0.2, 0.25) is 0 Å². The van der Waals surface area contributed by atoms with Gasteiger partial charge in [-0.2, -0.15) is 0 Å². The van der Waals surface area contributed by atoms with Crippen molar-refractivity contribution in [2.24, 2.45) is 11.8 Å². The number of hydrogen-bond acceptors (Lipinski definition) is 6. The van der Waals surface area contributed by atoms with E-state index in [4.69, 9.17) is 11.8 Å². The van der Waals surface area contributed by atoms with Crippen molar-refractivity contribution >= 4 is 24.8 Å². The smallest absolute Gasteiger partial charge is 0.0691 e. The summed E-state index contributed by atoms with van der Waals surface area (Å²) in [5, 5.41) is 0. The Labute approximate surface area is 124 Å². The van der Waals surface area contributed by atoms with Crippen molar-refractivity contribution in [3.8, 4) is 0 Å². The lowest BCUT2D eigenvalue weighted by molar-refractivity contribution is 0.129. The molecule has 6 nitrogen and oxygen atoms in total. The zero-order valence-electron chi connectivity index (χ0n) is 11.9. The second-order valence-corrected chi connectivity index (χ2v) is 4.06. The third-order valence-corrected chi connectivity index (χ3v) is 1.74. The van der Waals surface area contributed by atoms with Gasteiger partial charge in [-0.15, -0.1) is 24.8 Å². The molecule has 0 aliphatic heterocycles. The molecule has 0 aliphatic carbocycles. The topological polar surface area (TPSA) is 77.0 Å². The molecule has 0 aromatic rings. The number of rotatable bonds is 8. The van der Waals surface area contributed by atoms with E-state index >= 15 is 0 Å². The van der Waals surface area contributed by atoms with E-state index < -0.39 is 0 Å². The molecule has 0 unspecified atom stereocenters.